The number of benzene rings is 3. The van der Waals surface area contributed by atoms with Gasteiger partial charge in [0.25, 0.3) is 17.7 Å². The number of likely N-dealkylation sites (N-methyl/N-ethyl adjacent to an activating group) is 1. The first-order valence-corrected chi connectivity index (χ1v) is 44.4. The Balaban J connectivity index is 1.06. The smallest absolute Gasteiger partial charge is 0.307 e. The lowest BCUT2D eigenvalue weighted by molar-refractivity contribution is -0.148. The zero-order valence-electron chi connectivity index (χ0n) is 75.6. The summed E-state index contributed by atoms with van der Waals surface area (Å²) < 4.78 is 0. The van der Waals surface area contributed by atoms with Gasteiger partial charge in [0.15, 0.2) is 29.3 Å². The molecule has 38 nitrogen and oxygen atoms in total. The minimum absolute atomic E-state index is 0.00810. The van der Waals surface area contributed by atoms with Gasteiger partial charge in [-0.15, -0.1) is 0 Å². The summed E-state index contributed by atoms with van der Waals surface area (Å²) in [5.41, 5.74) is 12.0. The van der Waals surface area contributed by atoms with Gasteiger partial charge in [-0.1, -0.05) is 103 Å². The van der Waals surface area contributed by atoms with Crippen LogP contribution in [0.4, 0.5) is 0 Å². The molecule has 706 valence electrons. The minimum Gasteiger partial charge on any atom is -0.508 e. The molecule has 0 saturated carbocycles. The summed E-state index contributed by atoms with van der Waals surface area (Å²) in [4.78, 5) is 237. The fourth-order valence-electron chi connectivity index (χ4n) is 15.7. The molecule has 0 radical (unpaired) electrons. The summed E-state index contributed by atoms with van der Waals surface area (Å²) in [6.07, 6.45) is 4.51. The molecule has 6 rings (SSSR count). The summed E-state index contributed by atoms with van der Waals surface area (Å²) in [6, 6.07) is 12.4. The first-order chi connectivity index (χ1) is 61.1. The van der Waals surface area contributed by atoms with Crippen LogP contribution >= 0.6 is 0 Å². The summed E-state index contributed by atoms with van der Waals surface area (Å²) in [6.45, 7) is 14.4. The highest BCUT2D eigenvalue weighted by molar-refractivity contribution is 6.13. The lowest BCUT2D eigenvalue weighted by Crippen LogP contribution is -2.57. The van der Waals surface area contributed by atoms with Crippen molar-refractivity contribution in [3.05, 3.63) is 113 Å². The van der Waals surface area contributed by atoms with E-state index < -0.39 is 180 Å². The maximum absolute atomic E-state index is 15.2. The molecule has 0 aliphatic carbocycles. The normalized spacial score (nSPS) is 16.1. The molecule has 0 unspecified atom stereocenters. The number of likely N-dealkylation sites (tertiary alicyclic amines) is 2. The van der Waals surface area contributed by atoms with Crippen LogP contribution in [0, 0.1) is 39.9 Å². The molecule has 3 aliphatic heterocycles. The number of hydrogen-bond donors (Lipinski definition) is 17. The van der Waals surface area contributed by atoms with Gasteiger partial charge in [-0.2, -0.15) is 0 Å². The first-order valence-electron chi connectivity index (χ1n) is 44.4. The number of nitrogens with two attached hydrogens (primary N) is 2. The van der Waals surface area contributed by atoms with E-state index in [-0.39, 0.29) is 170 Å². The fourth-order valence-corrected chi connectivity index (χ4v) is 15.7. The van der Waals surface area contributed by atoms with Gasteiger partial charge in [-0.25, -0.2) is 0 Å². The predicted molar refractivity (Wildman–Crippen MR) is 479 cm³/mol. The molecule has 3 aliphatic rings. The molecule has 0 bridgehead atoms. The van der Waals surface area contributed by atoms with Gasteiger partial charge in [0.05, 0.1) is 37.1 Å². The first kappa shape index (κ1) is 105. The number of phenolic OH excluding ortho intramolecular Hbond substituents is 1. The highest BCUT2D eigenvalue weighted by Gasteiger charge is 2.44. The van der Waals surface area contributed by atoms with Crippen molar-refractivity contribution in [1.82, 2.24) is 78.1 Å². The maximum atomic E-state index is 15.2. The Hall–Kier alpha value is -12.5. The molecule has 2 fully saturated rings. The molecule has 19 N–H and O–H groups in total. The highest BCUT2D eigenvalue weighted by atomic mass is 16.4. The number of amides is 13. The molecule has 2 saturated heterocycles. The number of phenols is 1. The van der Waals surface area contributed by atoms with Gasteiger partial charge in [-0.3, -0.25) is 97.2 Å². The Morgan fingerprint density at radius 1 is 0.535 bits per heavy atom. The van der Waals surface area contributed by atoms with E-state index in [1.165, 1.54) is 60.2 Å². The van der Waals surface area contributed by atoms with Gasteiger partial charge >= 0.3 is 5.97 Å². The van der Waals surface area contributed by atoms with Crippen molar-refractivity contribution >= 4 is 112 Å². The van der Waals surface area contributed by atoms with E-state index in [0.29, 0.717) is 61.8 Å². The number of carbonyl (C=O) groups is 17. The van der Waals surface area contributed by atoms with Crippen LogP contribution in [0.15, 0.2) is 91.0 Å². The molecule has 0 spiro atoms. The molecule has 3 aromatic rings. The number of carboxylic acid groups (broad SMARTS) is 1. The molecule has 3 heterocycles. The number of Topliss-reactive ketones (excluding diaryl/α,β-unsaturated/α-hetero) is 3. The van der Waals surface area contributed by atoms with Crippen molar-refractivity contribution < 1.29 is 91.7 Å². The second-order valence-electron chi connectivity index (χ2n) is 35.1. The quantitative estimate of drug-likeness (QED) is 0.0126. The Bertz CT molecular complexity index is 4420. The maximum Gasteiger partial charge on any atom is 0.307 e. The van der Waals surface area contributed by atoms with Crippen LogP contribution in [0.1, 0.15) is 203 Å². The van der Waals surface area contributed by atoms with Crippen LogP contribution in [0.5, 0.6) is 5.75 Å². The van der Waals surface area contributed by atoms with E-state index in [0.717, 1.165) is 17.1 Å². The summed E-state index contributed by atoms with van der Waals surface area (Å²) in [7, 11) is 1.47. The van der Waals surface area contributed by atoms with E-state index in [1.54, 1.807) is 68.1 Å². The SMILES string of the molecule is CC(=O)c1ccc(C(=O)N[C@@H](CCCCNC(=O)CCC(=O)NCC(=O)N[C@@H](Cc2ccccc2)C(=O)N[C@@H](CC(C)C)C(=O)NCC(=O)NCCCN2C(=O)C=CC2=O)C(=O)N2CCC[C@H]2CN[C@@H](CC(C)C)C(=O)N2CCC[C@H]2C(=O)N(C)[C@@H](CCCNC(=N)N)C(=O)C[C@H](C(=O)N[C@@H](CCCNC(=N)N)C(=O)C[C@@H](Cc2ccc(O)cc2)C(=O)O)C(C)(C)C)cc1. The lowest BCUT2D eigenvalue weighted by Gasteiger charge is -2.36. The predicted octanol–water partition coefficient (Wildman–Crippen LogP) is 2.03. The average Bonchev–Trinajstić information content (AvgIpc) is 1.62. The monoisotopic (exact) mass is 1800 g/mol. The van der Waals surface area contributed by atoms with Crippen LogP contribution in [0.2, 0.25) is 0 Å². The summed E-state index contributed by atoms with van der Waals surface area (Å²) in [5, 5.41) is 65.8. The molecule has 13 amide bonds. The Morgan fingerprint density at radius 3 is 1.69 bits per heavy atom. The highest BCUT2D eigenvalue weighted by Crippen LogP contribution is 2.33. The molecular formula is C91H133N19O19. The van der Waals surface area contributed by atoms with Gasteiger partial charge < -0.3 is 94.9 Å². The van der Waals surface area contributed by atoms with Gasteiger partial charge in [0, 0.05) is 127 Å². The van der Waals surface area contributed by atoms with E-state index in [4.69, 9.17) is 22.3 Å². The molecule has 38 heteroatoms. The van der Waals surface area contributed by atoms with Crippen molar-refractivity contribution in [2.45, 2.75) is 232 Å². The Morgan fingerprint density at radius 2 is 1.08 bits per heavy atom. The molecule has 129 heavy (non-hydrogen) atoms. The molecule has 10 atom stereocenters. The number of ketones is 3. The van der Waals surface area contributed by atoms with E-state index in [9.17, 15) is 77.3 Å². The number of carbonyl (C=O) groups excluding carboxylic acids is 16. The number of imide groups is 1. The van der Waals surface area contributed by atoms with E-state index >= 15 is 14.4 Å². The average molecular weight is 1800 g/mol. The number of unbranched alkanes of at least 4 members (excludes halogenated alkanes) is 1. The van der Waals surface area contributed by atoms with Crippen molar-refractivity contribution in [3.63, 3.8) is 0 Å². The third-order valence-electron chi connectivity index (χ3n) is 22.8. The van der Waals surface area contributed by atoms with E-state index in [1.807, 2.05) is 27.7 Å². The zero-order chi connectivity index (χ0) is 95.2. The fraction of sp³-hybridized carbons (Fsp3) is 0.571. The Labute approximate surface area is 753 Å². The number of aromatic hydroxyl groups is 1. The van der Waals surface area contributed by atoms with Crippen LogP contribution in [-0.4, -0.2) is 263 Å². The van der Waals surface area contributed by atoms with Gasteiger partial charge in [-0.05, 0) is 156 Å². The number of aliphatic carboxylic acids is 1. The van der Waals surface area contributed by atoms with E-state index in [2.05, 4.69) is 58.5 Å². The number of hydrogen-bond acceptors (Lipinski definition) is 21. The summed E-state index contributed by atoms with van der Waals surface area (Å²) >= 11 is 0. The third-order valence-corrected chi connectivity index (χ3v) is 22.8. The number of rotatable bonds is 55. The summed E-state index contributed by atoms with van der Waals surface area (Å²) in [5.74, 6) is -13.1. The van der Waals surface area contributed by atoms with Gasteiger partial charge in [0.2, 0.25) is 59.1 Å². The largest absolute Gasteiger partial charge is 0.508 e. The number of carboxylic acids is 1. The van der Waals surface area contributed by atoms with Crippen LogP contribution in [-0.2, 0) is 84.8 Å². The Kier molecular flexibility index (Phi) is 43.0. The number of guanidine groups is 2. The minimum atomic E-state index is -1.26. The molecule has 0 aromatic heterocycles. The second-order valence-corrected chi connectivity index (χ2v) is 35.1. The standard InChI is InChI=1S/C91H133N19O19/c1-55(2)46-68(83(123)102-53-77(117)97-42-19-45-110-79(119)37-38-80(110)120)106-84(124)69(49-58-20-11-10-12-21-58)103-78(118)54-101-76(116)36-35-75(115)96-39-14-13-23-67(105-81(121)61-31-29-60(30-32-61)57(5)111)85(125)108-43-17-22-63(108)52-100-70(47-56(3)4)86(126)109-44-18-26-72(109)87(127)107(9)71(25-16-41-99-90(94)95)74(114)51-65(91(6,7)8)82(122)104-66(24-15-40-98-89(92)93)73(113)50-62(88(128)129)48-59-27-33-64(112)34-28-59/h10-12,20-21,27-34,37-38,55-56,62-63,65-72,100,112H,13-19,22-26,35-36,39-54H2,1-9H3,(H,96,115)(H,97,117)(H,101,116)(H,102,123)(H,103,118)(H,104,122)(H,105,121)(H,106,124)(H,128,129)(H4,92,93,98)(H4,94,95,99)/t62-,63+,65-,66+,67+,68+,69+,70+,71+,72+/m1/s1. The van der Waals surface area contributed by atoms with Gasteiger partial charge in [0.1, 0.15) is 29.9 Å². The van der Waals surface area contributed by atoms with Crippen molar-refractivity contribution in [2.24, 2.45) is 40.6 Å². The van der Waals surface area contributed by atoms with Crippen molar-refractivity contribution in [2.75, 3.05) is 72.5 Å². The molecular weight excluding hydrogens is 1660 g/mol. The van der Waals surface area contributed by atoms with Crippen molar-refractivity contribution in [3.8, 4) is 5.75 Å². The molecule has 3 aromatic carbocycles. The van der Waals surface area contributed by atoms with Crippen LogP contribution in [0.25, 0.3) is 0 Å². The number of nitrogens with one attached hydrogen (secondary N) is 13. The van der Waals surface area contributed by atoms with Crippen LogP contribution < -0.4 is 70.0 Å². The third kappa shape index (κ3) is 35.9. The topological polar surface area (TPSA) is 576 Å². The van der Waals surface area contributed by atoms with Crippen molar-refractivity contribution in [1.29, 1.82) is 10.8 Å². The lowest BCUT2D eigenvalue weighted by atomic mass is 9.76. The number of nitrogens with zero attached hydrogens (tertiary/aromatic N) is 4. The van der Waals surface area contributed by atoms with Crippen LogP contribution in [0.3, 0.4) is 0 Å². The zero-order valence-corrected chi connectivity index (χ0v) is 75.6. The second kappa shape index (κ2) is 52.7.